The molecule has 0 saturated heterocycles. The number of hydrogen-bond donors (Lipinski definition) is 1. The van der Waals surface area contributed by atoms with E-state index in [0.29, 0.717) is 0 Å². The van der Waals surface area contributed by atoms with Crippen LogP contribution in [0, 0.1) is 0 Å². The number of para-hydroxylation sites is 1. The third-order valence-electron chi connectivity index (χ3n) is 2.82. The number of rotatable bonds is 1. The quantitative estimate of drug-likeness (QED) is 0.775. The van der Waals surface area contributed by atoms with E-state index in [1.807, 2.05) is 0 Å². The van der Waals surface area contributed by atoms with E-state index in [4.69, 9.17) is 0 Å². The number of amides is 1. The fourth-order valence-electron chi connectivity index (χ4n) is 1.93. The summed E-state index contributed by atoms with van der Waals surface area (Å²) < 4.78 is 63.8. The Morgan fingerprint density at radius 3 is 2.33 bits per heavy atom. The van der Waals surface area contributed by atoms with Gasteiger partial charge in [-0.15, -0.1) is 0 Å². The summed E-state index contributed by atoms with van der Waals surface area (Å²) in [5.74, 6) is -7.95. The average Bonchev–Trinajstić information content (AvgIpc) is 2.26. The summed E-state index contributed by atoms with van der Waals surface area (Å²) in [6, 6.07) is 5.27. The zero-order chi connectivity index (χ0) is 13.6. The van der Waals surface area contributed by atoms with Gasteiger partial charge in [-0.3, -0.25) is 4.79 Å². The van der Waals surface area contributed by atoms with Gasteiger partial charge in [-0.1, -0.05) is 18.2 Å². The highest BCUT2D eigenvalue weighted by Gasteiger charge is 2.63. The normalized spacial score (nSPS) is 20.3. The van der Waals surface area contributed by atoms with Crippen molar-refractivity contribution in [1.82, 2.24) is 0 Å². The maximum Gasteiger partial charge on any atom is 0.453 e. The lowest BCUT2D eigenvalue weighted by Crippen LogP contribution is -2.45. The Bertz CT molecular complexity index is 483. The Kier molecular flexibility index (Phi) is 2.79. The molecule has 1 aliphatic rings. The van der Waals surface area contributed by atoms with Crippen LogP contribution < -0.4 is 5.32 Å². The zero-order valence-electron chi connectivity index (χ0n) is 8.89. The van der Waals surface area contributed by atoms with E-state index >= 15 is 0 Å². The van der Waals surface area contributed by atoms with Crippen LogP contribution in [0.4, 0.5) is 27.6 Å². The summed E-state index contributed by atoms with van der Waals surface area (Å²) in [4.78, 5) is 11.2. The SMILES string of the molecule is O=C1CC(C(F)(F)C(F)(F)F)c2ccccc2N1. The molecule has 1 aromatic carbocycles. The molecular weight excluding hydrogens is 257 g/mol. The molecule has 0 fully saturated rings. The molecule has 2 rings (SSSR count). The first kappa shape index (κ1) is 12.8. The molecule has 0 aliphatic carbocycles. The predicted molar refractivity (Wildman–Crippen MR) is 53.4 cm³/mol. The lowest BCUT2D eigenvalue weighted by atomic mass is 9.85. The molecule has 1 heterocycles. The number of anilines is 1. The van der Waals surface area contributed by atoms with Crippen LogP contribution in [0.25, 0.3) is 0 Å². The Hall–Kier alpha value is -1.66. The first-order chi connectivity index (χ1) is 8.23. The van der Waals surface area contributed by atoms with E-state index in [-0.39, 0.29) is 11.3 Å². The first-order valence-corrected chi connectivity index (χ1v) is 5.07. The highest BCUT2D eigenvalue weighted by atomic mass is 19.4. The minimum absolute atomic E-state index is 0.00248. The largest absolute Gasteiger partial charge is 0.453 e. The number of halogens is 5. The fourth-order valence-corrected chi connectivity index (χ4v) is 1.93. The molecule has 1 aromatic rings. The summed E-state index contributed by atoms with van der Waals surface area (Å²) in [6.07, 6.45) is -6.56. The van der Waals surface area contributed by atoms with E-state index in [1.165, 1.54) is 24.3 Å². The number of carbonyl (C=O) groups excluding carboxylic acids is 1. The number of hydrogen-bond acceptors (Lipinski definition) is 1. The van der Waals surface area contributed by atoms with E-state index in [2.05, 4.69) is 5.32 Å². The van der Waals surface area contributed by atoms with E-state index in [1.54, 1.807) is 0 Å². The van der Waals surface area contributed by atoms with Gasteiger partial charge in [-0.25, -0.2) is 0 Å². The molecule has 1 unspecified atom stereocenters. The Morgan fingerprint density at radius 1 is 1.11 bits per heavy atom. The first-order valence-electron chi connectivity index (χ1n) is 5.07. The number of carbonyl (C=O) groups is 1. The van der Waals surface area contributed by atoms with Crippen molar-refractivity contribution in [1.29, 1.82) is 0 Å². The van der Waals surface area contributed by atoms with Gasteiger partial charge in [0.15, 0.2) is 0 Å². The summed E-state index contributed by atoms with van der Waals surface area (Å²) >= 11 is 0. The number of nitrogens with one attached hydrogen (secondary N) is 1. The molecular formula is C11H8F5NO. The van der Waals surface area contributed by atoms with Gasteiger partial charge in [-0.2, -0.15) is 22.0 Å². The fraction of sp³-hybridized carbons (Fsp3) is 0.364. The summed E-state index contributed by atoms with van der Waals surface area (Å²) in [6.45, 7) is 0. The van der Waals surface area contributed by atoms with Crippen molar-refractivity contribution >= 4 is 11.6 Å². The van der Waals surface area contributed by atoms with Crippen molar-refractivity contribution in [2.75, 3.05) is 5.32 Å². The average molecular weight is 265 g/mol. The van der Waals surface area contributed by atoms with Crippen molar-refractivity contribution in [3.8, 4) is 0 Å². The lowest BCUT2D eigenvalue weighted by molar-refractivity contribution is -0.291. The minimum Gasteiger partial charge on any atom is -0.326 e. The van der Waals surface area contributed by atoms with Gasteiger partial charge in [0.25, 0.3) is 0 Å². The molecule has 0 saturated carbocycles. The molecule has 7 heteroatoms. The maximum absolute atomic E-state index is 13.4. The Balaban J connectivity index is 2.50. The second kappa shape index (κ2) is 3.93. The second-order valence-corrected chi connectivity index (χ2v) is 4.01. The Morgan fingerprint density at radius 2 is 1.72 bits per heavy atom. The van der Waals surface area contributed by atoms with Gasteiger partial charge >= 0.3 is 12.1 Å². The Labute approximate surface area is 98.8 Å². The highest BCUT2D eigenvalue weighted by Crippen LogP contribution is 2.50. The van der Waals surface area contributed by atoms with Crippen LogP contribution >= 0.6 is 0 Å². The second-order valence-electron chi connectivity index (χ2n) is 4.01. The topological polar surface area (TPSA) is 29.1 Å². The van der Waals surface area contributed by atoms with Crippen LogP contribution in [0.5, 0.6) is 0 Å². The van der Waals surface area contributed by atoms with Crippen LogP contribution in [0.1, 0.15) is 17.9 Å². The van der Waals surface area contributed by atoms with Crippen LogP contribution in [0.15, 0.2) is 24.3 Å². The third kappa shape index (κ3) is 1.93. The molecule has 1 atom stereocenters. The van der Waals surface area contributed by atoms with Crippen molar-refractivity contribution in [2.24, 2.45) is 0 Å². The van der Waals surface area contributed by atoms with Crippen molar-refractivity contribution in [2.45, 2.75) is 24.4 Å². The van der Waals surface area contributed by atoms with Gasteiger partial charge < -0.3 is 5.32 Å². The highest BCUT2D eigenvalue weighted by molar-refractivity contribution is 5.94. The molecule has 0 aromatic heterocycles. The molecule has 2 nitrogen and oxygen atoms in total. The number of fused-ring (bicyclic) bond motifs is 1. The molecule has 98 valence electrons. The molecule has 0 bridgehead atoms. The molecule has 0 radical (unpaired) electrons. The maximum atomic E-state index is 13.4. The van der Waals surface area contributed by atoms with Gasteiger partial charge in [-0.05, 0) is 11.6 Å². The molecule has 1 amide bonds. The van der Waals surface area contributed by atoms with Crippen LogP contribution in [-0.4, -0.2) is 18.0 Å². The standard InChI is InChI=1S/C11H8F5NO/c12-10(13,11(14,15)16)7-5-9(18)17-8-4-2-1-3-6(7)8/h1-4,7H,5H2,(H,17,18). The van der Waals surface area contributed by atoms with Gasteiger partial charge in [0.2, 0.25) is 5.91 Å². The van der Waals surface area contributed by atoms with E-state index in [0.717, 1.165) is 0 Å². The van der Waals surface area contributed by atoms with Crippen molar-refractivity contribution in [3.05, 3.63) is 29.8 Å². The van der Waals surface area contributed by atoms with Gasteiger partial charge in [0.05, 0.1) is 5.92 Å². The molecule has 1 aliphatic heterocycles. The molecule has 18 heavy (non-hydrogen) atoms. The minimum atomic E-state index is -5.68. The van der Waals surface area contributed by atoms with Gasteiger partial charge in [0, 0.05) is 12.1 Å². The van der Waals surface area contributed by atoms with E-state index in [9.17, 15) is 26.7 Å². The van der Waals surface area contributed by atoms with Crippen molar-refractivity contribution < 1.29 is 26.7 Å². The van der Waals surface area contributed by atoms with Crippen LogP contribution in [0.3, 0.4) is 0 Å². The number of alkyl halides is 5. The smallest absolute Gasteiger partial charge is 0.326 e. The summed E-state index contributed by atoms with van der Waals surface area (Å²) in [5.41, 5.74) is -0.192. The zero-order valence-corrected chi connectivity index (χ0v) is 8.89. The summed E-state index contributed by atoms with van der Waals surface area (Å²) in [5, 5.41) is 2.27. The van der Waals surface area contributed by atoms with Crippen LogP contribution in [-0.2, 0) is 4.79 Å². The predicted octanol–water partition coefficient (Wildman–Crippen LogP) is 3.31. The lowest BCUT2D eigenvalue weighted by Gasteiger charge is -2.32. The van der Waals surface area contributed by atoms with Crippen molar-refractivity contribution in [3.63, 3.8) is 0 Å². The van der Waals surface area contributed by atoms with E-state index < -0.39 is 30.3 Å². The number of benzene rings is 1. The van der Waals surface area contributed by atoms with Crippen LogP contribution in [0.2, 0.25) is 0 Å². The molecule has 1 N–H and O–H groups in total. The summed E-state index contributed by atoms with van der Waals surface area (Å²) in [7, 11) is 0. The monoisotopic (exact) mass is 265 g/mol. The van der Waals surface area contributed by atoms with Gasteiger partial charge in [0.1, 0.15) is 0 Å². The molecule has 0 spiro atoms. The third-order valence-corrected chi connectivity index (χ3v) is 2.82.